The Balaban J connectivity index is 0.00000294. The molecule has 0 bridgehead atoms. The van der Waals surface area contributed by atoms with E-state index in [0.717, 1.165) is 44.8 Å². The van der Waals surface area contributed by atoms with Gasteiger partial charge < -0.3 is 13.9 Å². The van der Waals surface area contributed by atoms with Crippen LogP contribution in [-0.4, -0.2) is 19.1 Å². The number of para-hydroxylation sites is 4. The van der Waals surface area contributed by atoms with Crippen molar-refractivity contribution in [2.75, 3.05) is 0 Å². The molecule has 4 aromatic carbocycles. The summed E-state index contributed by atoms with van der Waals surface area (Å²) in [5, 5.41) is 0. The number of ether oxygens (including phenoxy) is 1. The fourth-order valence-corrected chi connectivity index (χ4v) is 4.91. The molecule has 0 aliphatic rings. The van der Waals surface area contributed by atoms with E-state index >= 15 is 0 Å². The molecule has 0 amide bonds. The van der Waals surface area contributed by atoms with Crippen molar-refractivity contribution in [2.45, 2.75) is 39.8 Å². The minimum Gasteiger partial charge on any atom is -0.497 e. The molecule has 0 saturated carbocycles. The van der Waals surface area contributed by atoms with Crippen molar-refractivity contribution >= 4 is 22.1 Å². The Labute approximate surface area is 237 Å². The molecule has 5 nitrogen and oxygen atoms in total. The first-order valence-corrected chi connectivity index (χ1v) is 12.7. The van der Waals surface area contributed by atoms with Crippen molar-refractivity contribution < 1.29 is 25.8 Å². The zero-order chi connectivity index (χ0) is 25.5. The van der Waals surface area contributed by atoms with Gasteiger partial charge in [0.05, 0.1) is 33.7 Å². The van der Waals surface area contributed by atoms with E-state index in [1.54, 1.807) is 0 Å². The Morgan fingerprint density at radius 3 is 1.42 bits per heavy atom. The van der Waals surface area contributed by atoms with Crippen LogP contribution in [-0.2, 0) is 21.1 Å². The molecule has 2 aromatic heterocycles. The fourth-order valence-electron chi connectivity index (χ4n) is 4.91. The number of rotatable bonds is 6. The largest absolute Gasteiger partial charge is 2.00 e. The van der Waals surface area contributed by atoms with E-state index in [9.17, 15) is 0 Å². The molecule has 0 N–H and O–H groups in total. The molecule has 0 unspecified atom stereocenters. The van der Waals surface area contributed by atoms with E-state index < -0.39 is 0 Å². The molecule has 0 saturated heterocycles. The van der Waals surface area contributed by atoms with Crippen molar-refractivity contribution in [1.29, 1.82) is 0 Å². The number of hydrogen-bond acceptors (Lipinski definition) is 3. The molecule has 0 spiro atoms. The van der Waals surface area contributed by atoms with Crippen LogP contribution < -0.4 is 4.74 Å². The molecule has 2 heterocycles. The van der Waals surface area contributed by atoms with Crippen molar-refractivity contribution in [2.24, 2.45) is 0 Å². The molecule has 192 valence electrons. The van der Waals surface area contributed by atoms with E-state index in [1.165, 1.54) is 0 Å². The molecular weight excluding hydrogens is 651 g/mol. The van der Waals surface area contributed by atoms with E-state index in [4.69, 9.17) is 14.7 Å². The summed E-state index contributed by atoms with van der Waals surface area (Å²) in [6.07, 6.45) is 0. The maximum absolute atomic E-state index is 6.27. The first-order valence-electron chi connectivity index (χ1n) is 12.7. The number of benzene rings is 4. The Bertz CT molecular complexity index is 1600. The Hall–Kier alpha value is -3.69. The normalized spacial score (nSPS) is 11.4. The third-order valence-corrected chi connectivity index (χ3v) is 6.46. The smallest absolute Gasteiger partial charge is 0.497 e. The van der Waals surface area contributed by atoms with Gasteiger partial charge >= 0.3 is 21.1 Å². The summed E-state index contributed by atoms with van der Waals surface area (Å²) >= 11 is 0. The molecule has 0 aliphatic carbocycles. The SMILES string of the molecule is CC(C)n1c(-c2[c-]c(Oc3[c-]c(-c4nc5ccccc5n4C(C)C)ccc3)ccc2)nc2ccccc21.[Pt+2]. The summed E-state index contributed by atoms with van der Waals surface area (Å²) in [5.74, 6) is 2.99. The van der Waals surface area contributed by atoms with Gasteiger partial charge in [0.25, 0.3) is 0 Å². The van der Waals surface area contributed by atoms with Crippen LogP contribution in [0.15, 0.2) is 84.9 Å². The molecule has 6 heteroatoms. The summed E-state index contributed by atoms with van der Waals surface area (Å²) in [7, 11) is 0. The number of aromatic nitrogens is 4. The van der Waals surface area contributed by atoms with Crippen LogP contribution in [0, 0.1) is 12.1 Å². The van der Waals surface area contributed by atoms with E-state index in [1.807, 2.05) is 72.8 Å². The van der Waals surface area contributed by atoms with Gasteiger partial charge in [-0.25, -0.2) is 0 Å². The maximum Gasteiger partial charge on any atom is 2.00 e. The van der Waals surface area contributed by atoms with Crippen LogP contribution in [0.4, 0.5) is 0 Å². The van der Waals surface area contributed by atoms with Crippen LogP contribution in [0.25, 0.3) is 44.8 Å². The second kappa shape index (κ2) is 10.6. The summed E-state index contributed by atoms with van der Waals surface area (Å²) in [6, 6.07) is 35.6. The number of nitrogens with zero attached hydrogens (tertiary/aromatic N) is 4. The quantitative estimate of drug-likeness (QED) is 0.167. The van der Waals surface area contributed by atoms with Crippen molar-refractivity contribution in [3.8, 4) is 34.3 Å². The first kappa shape index (κ1) is 25.9. The third-order valence-electron chi connectivity index (χ3n) is 6.46. The van der Waals surface area contributed by atoms with Gasteiger partial charge in [-0.1, -0.05) is 36.4 Å². The second-order valence-electron chi connectivity index (χ2n) is 9.74. The molecule has 0 atom stereocenters. The summed E-state index contributed by atoms with van der Waals surface area (Å²) in [6.45, 7) is 8.68. The molecule has 6 aromatic rings. The van der Waals surface area contributed by atoms with Gasteiger partial charge in [-0.15, -0.1) is 47.5 Å². The average Bonchev–Trinajstić information content (AvgIpc) is 3.48. The van der Waals surface area contributed by atoms with Gasteiger partial charge in [0, 0.05) is 23.6 Å². The molecule has 0 fully saturated rings. The van der Waals surface area contributed by atoms with E-state index in [2.05, 4.69) is 61.1 Å². The van der Waals surface area contributed by atoms with Crippen molar-refractivity contribution in [3.63, 3.8) is 0 Å². The van der Waals surface area contributed by atoms with Gasteiger partial charge in [0.15, 0.2) is 0 Å². The van der Waals surface area contributed by atoms with Gasteiger partial charge in [-0.2, -0.15) is 0 Å². The summed E-state index contributed by atoms with van der Waals surface area (Å²) in [4.78, 5) is 9.82. The third kappa shape index (κ3) is 4.67. The molecule has 6 rings (SSSR count). The van der Waals surface area contributed by atoms with E-state index in [-0.39, 0.29) is 33.1 Å². The number of fused-ring (bicyclic) bond motifs is 2. The molecule has 38 heavy (non-hydrogen) atoms. The first-order chi connectivity index (χ1) is 18.0. The van der Waals surface area contributed by atoms with Crippen LogP contribution >= 0.6 is 0 Å². The van der Waals surface area contributed by atoms with E-state index in [0.29, 0.717) is 11.5 Å². The predicted octanol–water partition coefficient (Wildman–Crippen LogP) is 8.27. The van der Waals surface area contributed by atoms with Crippen LogP contribution in [0.2, 0.25) is 0 Å². The maximum atomic E-state index is 6.27. The monoisotopic (exact) mass is 679 g/mol. The van der Waals surface area contributed by atoms with Gasteiger partial charge in [-0.3, -0.25) is 9.97 Å². The standard InChI is InChI=1S/C32H28N4O.Pt/c1-21(2)35-29-17-7-5-15-27(29)33-31(35)23-11-9-13-25(19-23)37-26-14-10-12-24(20-26)32-34-28-16-6-8-18-30(28)36(32)22(3)4;/h5-18,21-22H,1-4H3;/q-2;+2. The topological polar surface area (TPSA) is 44.9 Å². The molecular formula is C32H28N4OPt. The predicted molar refractivity (Wildman–Crippen MR) is 149 cm³/mol. The second-order valence-corrected chi connectivity index (χ2v) is 9.74. The fraction of sp³-hybridized carbons (Fsp3) is 0.188. The summed E-state index contributed by atoms with van der Waals surface area (Å²) in [5.41, 5.74) is 5.95. The minimum absolute atomic E-state index is 0. The molecule has 0 radical (unpaired) electrons. The zero-order valence-electron chi connectivity index (χ0n) is 21.8. The van der Waals surface area contributed by atoms with Gasteiger partial charge in [-0.05, 0) is 52.0 Å². The van der Waals surface area contributed by atoms with Crippen LogP contribution in [0.3, 0.4) is 0 Å². The van der Waals surface area contributed by atoms with Crippen molar-refractivity contribution in [3.05, 3.63) is 97.1 Å². The Morgan fingerprint density at radius 2 is 1.00 bits per heavy atom. The zero-order valence-corrected chi connectivity index (χ0v) is 24.0. The Morgan fingerprint density at radius 1 is 0.579 bits per heavy atom. The van der Waals surface area contributed by atoms with Gasteiger partial charge in [0.1, 0.15) is 0 Å². The summed E-state index contributed by atoms with van der Waals surface area (Å²) < 4.78 is 10.8. The van der Waals surface area contributed by atoms with Crippen molar-refractivity contribution in [1.82, 2.24) is 19.1 Å². The van der Waals surface area contributed by atoms with Crippen LogP contribution in [0.5, 0.6) is 11.5 Å². The average molecular weight is 680 g/mol. The number of hydrogen-bond donors (Lipinski definition) is 0. The Kier molecular flexibility index (Phi) is 7.23. The molecule has 0 aliphatic heterocycles. The number of imidazole rings is 2. The van der Waals surface area contributed by atoms with Crippen LogP contribution in [0.1, 0.15) is 39.8 Å². The minimum atomic E-state index is 0. The van der Waals surface area contributed by atoms with Gasteiger partial charge in [0.2, 0.25) is 0 Å².